The van der Waals surface area contributed by atoms with E-state index < -0.39 is 0 Å². The van der Waals surface area contributed by atoms with Crippen LogP contribution in [0.3, 0.4) is 0 Å². The fraction of sp³-hybridized carbons (Fsp3) is 0.947. The van der Waals surface area contributed by atoms with E-state index in [0.29, 0.717) is 18.0 Å². The molecule has 5 fully saturated rings. The van der Waals surface area contributed by atoms with Crippen molar-refractivity contribution in [1.29, 1.82) is 0 Å². The molecule has 1 atom stereocenters. The number of nitrogens with zero attached hydrogens (tertiary/aromatic N) is 1. The summed E-state index contributed by atoms with van der Waals surface area (Å²) in [6.07, 6.45) is 12.5. The summed E-state index contributed by atoms with van der Waals surface area (Å²) < 4.78 is 0. The first kappa shape index (κ1) is 15.0. The molecule has 124 valence electrons. The molecule has 1 heterocycles. The van der Waals surface area contributed by atoms with Crippen LogP contribution in [0.4, 0.5) is 0 Å². The van der Waals surface area contributed by atoms with Crippen molar-refractivity contribution in [1.82, 2.24) is 10.2 Å². The number of hydrogen-bond acceptors (Lipinski definition) is 2. The molecule has 1 N–H and O–H groups in total. The van der Waals surface area contributed by atoms with Crippen LogP contribution in [0.15, 0.2) is 0 Å². The molecule has 4 saturated carbocycles. The predicted molar refractivity (Wildman–Crippen MR) is 88.5 cm³/mol. The second-order valence-corrected chi connectivity index (χ2v) is 9.01. The van der Waals surface area contributed by atoms with E-state index in [9.17, 15) is 4.79 Å². The molecular formula is C19H32N2O. The zero-order chi connectivity index (χ0) is 15.2. The maximum absolute atomic E-state index is 12.4. The third-order valence-electron chi connectivity index (χ3n) is 7.11. The summed E-state index contributed by atoms with van der Waals surface area (Å²) in [6, 6.07) is 0.582. The number of likely N-dealkylation sites (tertiary alicyclic amines) is 1. The fourth-order valence-electron chi connectivity index (χ4n) is 6.43. The Bertz CT molecular complexity index is 398. The number of amides is 1. The molecule has 1 aliphatic heterocycles. The van der Waals surface area contributed by atoms with E-state index in [1.165, 1.54) is 57.8 Å². The van der Waals surface area contributed by atoms with Gasteiger partial charge in [-0.2, -0.15) is 0 Å². The molecule has 0 aromatic heterocycles. The highest BCUT2D eigenvalue weighted by Crippen LogP contribution is 2.59. The smallest absolute Gasteiger partial charge is 0.234 e. The van der Waals surface area contributed by atoms with Gasteiger partial charge in [-0.05, 0) is 88.0 Å². The number of piperidine rings is 1. The van der Waals surface area contributed by atoms with E-state index in [0.717, 1.165) is 30.8 Å². The van der Waals surface area contributed by atoms with Crippen LogP contribution in [0.1, 0.15) is 64.7 Å². The lowest BCUT2D eigenvalue weighted by atomic mass is 9.49. The summed E-state index contributed by atoms with van der Waals surface area (Å²) in [5, 5.41) is 3.33. The molecule has 1 unspecified atom stereocenters. The van der Waals surface area contributed by atoms with Crippen molar-refractivity contribution in [3.8, 4) is 0 Å². The summed E-state index contributed by atoms with van der Waals surface area (Å²) in [5.41, 5.74) is 0.470. The van der Waals surface area contributed by atoms with Crippen molar-refractivity contribution >= 4 is 5.91 Å². The normalized spacial score (nSPS) is 44.2. The standard InChI is InChI=1S/C19H32N2O/c1-14-4-2-3-5-21(14)12-18(22)20-13-19-9-15-6-16(10-19)8-17(7-15)11-19/h14-17H,2-13H2,1H3,(H,20,22). The molecule has 3 heteroatoms. The van der Waals surface area contributed by atoms with Crippen molar-refractivity contribution in [2.45, 2.75) is 70.8 Å². The first-order valence-electron chi connectivity index (χ1n) is 9.63. The van der Waals surface area contributed by atoms with E-state index in [2.05, 4.69) is 17.1 Å². The van der Waals surface area contributed by atoms with E-state index in [1.54, 1.807) is 0 Å². The largest absolute Gasteiger partial charge is 0.354 e. The van der Waals surface area contributed by atoms with Gasteiger partial charge in [0, 0.05) is 12.6 Å². The Morgan fingerprint density at radius 1 is 1.09 bits per heavy atom. The van der Waals surface area contributed by atoms with Gasteiger partial charge in [0.15, 0.2) is 0 Å². The second-order valence-electron chi connectivity index (χ2n) is 9.01. The molecule has 0 aromatic rings. The highest BCUT2D eigenvalue weighted by atomic mass is 16.2. The predicted octanol–water partition coefficient (Wildman–Crippen LogP) is 3.19. The van der Waals surface area contributed by atoms with E-state index in [1.807, 2.05) is 0 Å². The monoisotopic (exact) mass is 304 g/mol. The highest BCUT2D eigenvalue weighted by molar-refractivity contribution is 5.78. The first-order chi connectivity index (χ1) is 10.6. The number of carbonyl (C=O) groups is 1. The van der Waals surface area contributed by atoms with Gasteiger partial charge in [0.2, 0.25) is 5.91 Å². The maximum Gasteiger partial charge on any atom is 0.234 e. The number of carbonyl (C=O) groups excluding carboxylic acids is 1. The lowest BCUT2D eigenvalue weighted by molar-refractivity contribution is -0.125. The van der Waals surface area contributed by atoms with Crippen molar-refractivity contribution in [2.24, 2.45) is 23.2 Å². The summed E-state index contributed by atoms with van der Waals surface area (Å²) in [5.74, 6) is 3.20. The molecule has 5 aliphatic rings. The molecule has 1 saturated heterocycles. The molecule has 3 nitrogen and oxygen atoms in total. The Kier molecular flexibility index (Phi) is 3.96. The van der Waals surface area contributed by atoms with Gasteiger partial charge in [-0.1, -0.05) is 6.42 Å². The molecule has 1 amide bonds. The minimum atomic E-state index is 0.268. The quantitative estimate of drug-likeness (QED) is 0.865. The minimum absolute atomic E-state index is 0.268. The van der Waals surface area contributed by atoms with Crippen molar-refractivity contribution in [2.75, 3.05) is 19.6 Å². The van der Waals surface area contributed by atoms with Crippen LogP contribution in [0, 0.1) is 23.2 Å². The maximum atomic E-state index is 12.4. The van der Waals surface area contributed by atoms with Crippen molar-refractivity contribution < 1.29 is 4.79 Å². The number of rotatable bonds is 4. The first-order valence-corrected chi connectivity index (χ1v) is 9.63. The molecular weight excluding hydrogens is 272 g/mol. The zero-order valence-corrected chi connectivity index (χ0v) is 14.2. The van der Waals surface area contributed by atoms with Gasteiger partial charge in [0.25, 0.3) is 0 Å². The van der Waals surface area contributed by atoms with Crippen LogP contribution in [0.2, 0.25) is 0 Å². The Labute approximate surface area is 135 Å². The van der Waals surface area contributed by atoms with E-state index >= 15 is 0 Å². The number of nitrogens with one attached hydrogen (secondary N) is 1. The fourth-order valence-corrected chi connectivity index (χ4v) is 6.43. The van der Waals surface area contributed by atoms with Gasteiger partial charge in [-0.3, -0.25) is 9.69 Å². The second kappa shape index (κ2) is 5.81. The molecule has 0 spiro atoms. The summed E-state index contributed by atoms with van der Waals surface area (Å²) >= 11 is 0. The molecule has 22 heavy (non-hydrogen) atoms. The van der Waals surface area contributed by atoms with Gasteiger partial charge < -0.3 is 5.32 Å². The van der Waals surface area contributed by atoms with Gasteiger partial charge >= 0.3 is 0 Å². The third-order valence-corrected chi connectivity index (χ3v) is 7.11. The summed E-state index contributed by atoms with van der Waals surface area (Å²) in [7, 11) is 0. The molecule has 0 radical (unpaired) electrons. The van der Waals surface area contributed by atoms with Crippen LogP contribution in [0.5, 0.6) is 0 Å². The summed E-state index contributed by atoms with van der Waals surface area (Å²) in [4.78, 5) is 14.8. The van der Waals surface area contributed by atoms with Crippen LogP contribution >= 0.6 is 0 Å². The summed E-state index contributed by atoms with van der Waals surface area (Å²) in [6.45, 7) is 4.95. The van der Waals surface area contributed by atoms with Crippen LogP contribution < -0.4 is 5.32 Å². The Hall–Kier alpha value is -0.570. The topological polar surface area (TPSA) is 32.3 Å². The molecule has 4 bridgehead atoms. The van der Waals surface area contributed by atoms with Crippen LogP contribution in [-0.2, 0) is 4.79 Å². The zero-order valence-electron chi connectivity index (χ0n) is 14.2. The number of hydrogen-bond donors (Lipinski definition) is 1. The molecule has 5 rings (SSSR count). The van der Waals surface area contributed by atoms with E-state index in [-0.39, 0.29) is 5.91 Å². The van der Waals surface area contributed by atoms with Gasteiger partial charge in [-0.15, -0.1) is 0 Å². The average Bonchev–Trinajstić information content (AvgIpc) is 2.46. The lowest BCUT2D eigenvalue weighted by Crippen LogP contribution is -2.52. The van der Waals surface area contributed by atoms with Gasteiger partial charge in [0.1, 0.15) is 0 Å². The van der Waals surface area contributed by atoms with Crippen LogP contribution in [0.25, 0.3) is 0 Å². The Balaban J connectivity index is 1.30. The van der Waals surface area contributed by atoms with Gasteiger partial charge in [-0.25, -0.2) is 0 Å². The SMILES string of the molecule is CC1CCCCN1CC(=O)NCC12CC3CC(CC(C3)C1)C2. The third kappa shape index (κ3) is 2.93. The van der Waals surface area contributed by atoms with Crippen LogP contribution in [-0.4, -0.2) is 36.5 Å². The van der Waals surface area contributed by atoms with E-state index in [4.69, 9.17) is 0 Å². The Morgan fingerprint density at radius 2 is 1.73 bits per heavy atom. The molecule has 0 aromatic carbocycles. The Morgan fingerprint density at radius 3 is 2.32 bits per heavy atom. The highest BCUT2D eigenvalue weighted by Gasteiger charge is 2.50. The average molecular weight is 304 g/mol. The van der Waals surface area contributed by atoms with Gasteiger partial charge in [0.05, 0.1) is 6.54 Å². The van der Waals surface area contributed by atoms with Crippen molar-refractivity contribution in [3.63, 3.8) is 0 Å². The molecule has 4 aliphatic carbocycles. The van der Waals surface area contributed by atoms with Crippen molar-refractivity contribution in [3.05, 3.63) is 0 Å². The minimum Gasteiger partial charge on any atom is -0.354 e. The lowest BCUT2D eigenvalue weighted by Gasteiger charge is -2.57.